The maximum absolute atomic E-state index is 13.9. The number of aromatic nitrogens is 1. The first-order valence-electron chi connectivity index (χ1n) is 11.4. The van der Waals surface area contributed by atoms with Gasteiger partial charge >= 0.3 is 6.09 Å². The van der Waals surface area contributed by atoms with Gasteiger partial charge in [-0.3, -0.25) is 0 Å². The molecule has 1 aliphatic heterocycles. The molecule has 0 bridgehead atoms. The van der Waals surface area contributed by atoms with Crippen molar-refractivity contribution in [3.63, 3.8) is 0 Å². The number of allylic oxidation sites excluding steroid dienone is 1. The van der Waals surface area contributed by atoms with E-state index in [9.17, 15) is 9.18 Å². The van der Waals surface area contributed by atoms with Crippen LogP contribution in [0.3, 0.4) is 0 Å². The van der Waals surface area contributed by atoms with Gasteiger partial charge in [-0.2, -0.15) is 0 Å². The van der Waals surface area contributed by atoms with Crippen LogP contribution in [0.2, 0.25) is 0 Å². The molecule has 0 spiro atoms. The molecule has 1 amide bonds. The Balaban J connectivity index is 1.65. The van der Waals surface area contributed by atoms with E-state index in [1.165, 1.54) is 35.0 Å². The van der Waals surface area contributed by atoms with E-state index in [0.717, 1.165) is 36.7 Å². The number of ether oxygens (including phenoxy) is 1. The summed E-state index contributed by atoms with van der Waals surface area (Å²) in [5, 5.41) is 3.97. The lowest BCUT2D eigenvalue weighted by atomic mass is 9.85. The molecule has 0 saturated heterocycles. The Morgan fingerprint density at radius 1 is 1.29 bits per heavy atom. The van der Waals surface area contributed by atoms with Crippen LogP contribution in [-0.4, -0.2) is 34.7 Å². The van der Waals surface area contributed by atoms with Crippen LogP contribution in [0.25, 0.3) is 10.9 Å². The Morgan fingerprint density at radius 2 is 2.03 bits per heavy atom. The number of rotatable bonds is 4. The zero-order chi connectivity index (χ0) is 22.3. The average Bonchev–Trinajstić information content (AvgIpc) is 2.98. The maximum Gasteiger partial charge on any atom is 0.407 e. The number of alkyl carbamates (subject to hydrolysis) is 1. The number of fused-ring (bicyclic) bond motifs is 3. The number of carbonyl (C=O) groups excluding carboxylic acids is 1. The predicted octanol–water partition coefficient (Wildman–Crippen LogP) is 5.82. The fourth-order valence-electron chi connectivity index (χ4n) is 4.83. The second-order valence-corrected chi connectivity index (χ2v) is 10.1. The van der Waals surface area contributed by atoms with Crippen molar-refractivity contribution in [3.05, 3.63) is 46.5 Å². The van der Waals surface area contributed by atoms with E-state index in [1.807, 2.05) is 26.8 Å². The molecule has 2 heterocycles. The minimum atomic E-state index is -0.520. The summed E-state index contributed by atoms with van der Waals surface area (Å²) < 4.78 is 19.4. The number of benzene rings is 1. The average molecular weight is 428 g/mol. The van der Waals surface area contributed by atoms with Crippen molar-refractivity contribution in [1.29, 1.82) is 0 Å². The van der Waals surface area contributed by atoms with Crippen LogP contribution in [0.1, 0.15) is 71.2 Å². The first-order valence-corrected chi connectivity index (χ1v) is 11.4. The van der Waals surface area contributed by atoms with Crippen molar-refractivity contribution in [2.24, 2.45) is 5.92 Å². The predicted molar refractivity (Wildman–Crippen MR) is 121 cm³/mol. The number of amides is 1. The number of hydrogen-bond donors (Lipinski definition) is 2. The largest absolute Gasteiger partial charge is 0.444 e. The molecule has 6 heteroatoms. The first-order chi connectivity index (χ1) is 14.6. The third-order valence-corrected chi connectivity index (χ3v) is 6.28. The summed E-state index contributed by atoms with van der Waals surface area (Å²) in [4.78, 5) is 18.4. The molecule has 31 heavy (non-hydrogen) atoms. The fraction of sp³-hybridized carbons (Fsp3) is 0.560. The Morgan fingerprint density at radius 3 is 2.65 bits per heavy atom. The van der Waals surface area contributed by atoms with Crippen molar-refractivity contribution in [1.82, 2.24) is 15.2 Å². The molecular formula is C25H34FN3O2. The van der Waals surface area contributed by atoms with Crippen molar-refractivity contribution in [2.45, 2.75) is 71.9 Å². The topological polar surface area (TPSA) is 57.4 Å². The molecule has 1 aromatic carbocycles. The van der Waals surface area contributed by atoms with Gasteiger partial charge in [-0.15, -0.1) is 0 Å². The molecule has 1 unspecified atom stereocenters. The van der Waals surface area contributed by atoms with Crippen LogP contribution < -0.4 is 5.32 Å². The monoisotopic (exact) mass is 427 g/mol. The van der Waals surface area contributed by atoms with Gasteiger partial charge < -0.3 is 19.9 Å². The smallest absolute Gasteiger partial charge is 0.407 e. The van der Waals surface area contributed by atoms with Crippen LogP contribution >= 0.6 is 0 Å². The molecule has 1 atom stereocenters. The molecule has 1 aliphatic carbocycles. The molecular weight excluding hydrogens is 393 g/mol. The van der Waals surface area contributed by atoms with E-state index in [-0.39, 0.29) is 18.0 Å². The SMILES string of the molecule is CC(C)C1c2[nH]c3ccc(F)cc3c2CCN1C(CNC(=O)OC(C)(C)C)=C1CCC1. The van der Waals surface area contributed by atoms with Crippen LogP contribution in [0.15, 0.2) is 29.5 Å². The summed E-state index contributed by atoms with van der Waals surface area (Å²) in [7, 11) is 0. The number of carbonyl (C=O) groups is 1. The minimum Gasteiger partial charge on any atom is -0.444 e. The van der Waals surface area contributed by atoms with Crippen molar-refractivity contribution < 1.29 is 13.9 Å². The molecule has 168 valence electrons. The second kappa shape index (κ2) is 8.21. The number of hydrogen-bond acceptors (Lipinski definition) is 3. The number of nitrogens with one attached hydrogen (secondary N) is 2. The lowest BCUT2D eigenvalue weighted by Crippen LogP contribution is -2.43. The quantitative estimate of drug-likeness (QED) is 0.646. The summed E-state index contributed by atoms with van der Waals surface area (Å²) in [5.74, 6) is 0.158. The molecule has 1 saturated carbocycles. The number of nitrogens with zero attached hydrogens (tertiary/aromatic N) is 1. The third kappa shape index (κ3) is 4.43. The highest BCUT2D eigenvalue weighted by Crippen LogP contribution is 2.42. The Labute approximate surface area is 184 Å². The van der Waals surface area contributed by atoms with Crippen LogP contribution in [-0.2, 0) is 11.2 Å². The normalized spacial score (nSPS) is 18.7. The first kappa shape index (κ1) is 21.7. The van der Waals surface area contributed by atoms with Gasteiger partial charge in [-0.25, -0.2) is 9.18 Å². The van der Waals surface area contributed by atoms with Gasteiger partial charge in [0.05, 0.1) is 12.6 Å². The van der Waals surface area contributed by atoms with Gasteiger partial charge in [0.25, 0.3) is 0 Å². The standard InChI is InChI=1S/C25H34FN3O2/c1-15(2)23-22-18(19-13-17(26)9-10-20(19)28-22)11-12-29(23)21(16-7-6-8-16)14-27-24(30)31-25(3,4)5/h9-10,13,15,23,28H,6-8,11-12,14H2,1-5H3,(H,27,30). The second-order valence-electron chi connectivity index (χ2n) is 10.1. The molecule has 1 aromatic heterocycles. The highest BCUT2D eigenvalue weighted by atomic mass is 19.1. The third-order valence-electron chi connectivity index (χ3n) is 6.28. The van der Waals surface area contributed by atoms with Gasteiger partial charge in [0.2, 0.25) is 0 Å². The van der Waals surface area contributed by atoms with Crippen LogP contribution in [0, 0.1) is 11.7 Å². The van der Waals surface area contributed by atoms with E-state index in [4.69, 9.17) is 4.74 Å². The number of aromatic amines is 1. The summed E-state index contributed by atoms with van der Waals surface area (Å²) in [5.41, 5.74) is 5.51. The van der Waals surface area contributed by atoms with Crippen molar-refractivity contribution >= 4 is 17.0 Å². The van der Waals surface area contributed by atoms with Gasteiger partial charge in [0.1, 0.15) is 11.4 Å². The lowest BCUT2D eigenvalue weighted by molar-refractivity contribution is 0.0524. The highest BCUT2D eigenvalue weighted by Gasteiger charge is 2.35. The lowest BCUT2D eigenvalue weighted by Gasteiger charge is -2.43. The molecule has 5 nitrogen and oxygen atoms in total. The Kier molecular flexibility index (Phi) is 5.75. The molecule has 4 rings (SSSR count). The summed E-state index contributed by atoms with van der Waals surface area (Å²) in [6.07, 6.45) is 3.83. The zero-order valence-electron chi connectivity index (χ0n) is 19.3. The molecule has 2 aliphatic rings. The van der Waals surface area contributed by atoms with E-state index in [1.54, 1.807) is 6.07 Å². The van der Waals surface area contributed by atoms with Gasteiger partial charge in [0, 0.05) is 28.8 Å². The fourth-order valence-corrected chi connectivity index (χ4v) is 4.83. The van der Waals surface area contributed by atoms with Crippen molar-refractivity contribution in [3.8, 4) is 0 Å². The number of H-pyrrole nitrogens is 1. The van der Waals surface area contributed by atoms with Crippen LogP contribution in [0.5, 0.6) is 0 Å². The minimum absolute atomic E-state index is 0.155. The molecule has 1 fully saturated rings. The summed E-state index contributed by atoms with van der Waals surface area (Å²) in [6.45, 7) is 11.4. The zero-order valence-corrected chi connectivity index (χ0v) is 19.3. The molecule has 2 N–H and O–H groups in total. The Bertz CT molecular complexity index is 1010. The van der Waals surface area contributed by atoms with Gasteiger partial charge in [0.15, 0.2) is 0 Å². The molecule has 0 radical (unpaired) electrons. The van der Waals surface area contributed by atoms with E-state index in [0.29, 0.717) is 12.5 Å². The van der Waals surface area contributed by atoms with E-state index >= 15 is 0 Å². The van der Waals surface area contributed by atoms with E-state index < -0.39 is 5.60 Å². The number of halogens is 1. The van der Waals surface area contributed by atoms with Gasteiger partial charge in [-0.05, 0) is 81.7 Å². The maximum atomic E-state index is 13.9. The Hall–Kier alpha value is -2.50. The highest BCUT2D eigenvalue weighted by molar-refractivity contribution is 5.85. The molecule has 2 aromatic rings. The van der Waals surface area contributed by atoms with Gasteiger partial charge in [-0.1, -0.05) is 13.8 Å². The summed E-state index contributed by atoms with van der Waals surface area (Å²) >= 11 is 0. The van der Waals surface area contributed by atoms with Crippen molar-refractivity contribution in [2.75, 3.05) is 13.1 Å². The van der Waals surface area contributed by atoms with E-state index in [2.05, 4.69) is 29.0 Å². The summed E-state index contributed by atoms with van der Waals surface area (Å²) in [6, 6.07) is 5.15. The van der Waals surface area contributed by atoms with Crippen LogP contribution in [0.4, 0.5) is 9.18 Å².